The van der Waals surface area contributed by atoms with Gasteiger partial charge >= 0.3 is 0 Å². The third kappa shape index (κ3) is 6.92. The van der Waals surface area contributed by atoms with Crippen LogP contribution >= 0.6 is 11.8 Å². The van der Waals surface area contributed by atoms with Crippen LogP contribution in [0.15, 0.2) is 82.8 Å². The van der Waals surface area contributed by atoms with E-state index >= 15 is 0 Å². The Balaban J connectivity index is 1.72. The van der Waals surface area contributed by atoms with Crippen LogP contribution in [0, 0.1) is 0 Å². The summed E-state index contributed by atoms with van der Waals surface area (Å²) >= 11 is 1.42. The molecule has 0 aliphatic carbocycles. The van der Waals surface area contributed by atoms with E-state index < -0.39 is 10.0 Å². The Morgan fingerprint density at radius 3 is 2.35 bits per heavy atom. The van der Waals surface area contributed by atoms with E-state index in [1.165, 1.54) is 11.8 Å². The molecule has 0 bridgehead atoms. The highest BCUT2D eigenvalue weighted by atomic mass is 32.2. The number of carbonyl (C=O) groups excluding carboxylic acids is 1. The van der Waals surface area contributed by atoms with Crippen molar-refractivity contribution in [1.29, 1.82) is 0 Å². The van der Waals surface area contributed by atoms with Crippen molar-refractivity contribution in [3.05, 3.63) is 89.6 Å². The molecule has 0 fully saturated rings. The number of rotatable bonds is 9. The standard InChI is InChI=1S/C23H25N3O3S2/c1-17(2)26-31(28,29)16-19-10-7-6-9-18(19)15-25-22(27)21-13-8-14-24-23(21)30-20-11-4-3-5-12-20/h3-14,17,26H,15-16H2,1-2H3,(H,25,27). The van der Waals surface area contributed by atoms with E-state index in [1.807, 2.05) is 42.5 Å². The Kier molecular flexibility index (Phi) is 7.84. The predicted molar refractivity (Wildman–Crippen MR) is 123 cm³/mol. The zero-order chi connectivity index (χ0) is 22.3. The van der Waals surface area contributed by atoms with Gasteiger partial charge in [-0.15, -0.1) is 0 Å². The van der Waals surface area contributed by atoms with Gasteiger partial charge in [-0.2, -0.15) is 0 Å². The molecule has 0 radical (unpaired) electrons. The summed E-state index contributed by atoms with van der Waals surface area (Å²) in [6.45, 7) is 3.78. The first-order valence-electron chi connectivity index (χ1n) is 9.87. The lowest BCUT2D eigenvalue weighted by Gasteiger charge is -2.14. The van der Waals surface area contributed by atoms with Crippen molar-refractivity contribution in [3.63, 3.8) is 0 Å². The third-order valence-electron chi connectivity index (χ3n) is 4.29. The molecule has 2 aromatic carbocycles. The number of pyridine rings is 1. The monoisotopic (exact) mass is 455 g/mol. The molecular formula is C23H25N3O3S2. The summed E-state index contributed by atoms with van der Waals surface area (Å²) in [5.41, 5.74) is 1.88. The molecule has 0 aliphatic heterocycles. The highest BCUT2D eigenvalue weighted by Crippen LogP contribution is 2.28. The number of benzene rings is 2. The lowest BCUT2D eigenvalue weighted by molar-refractivity contribution is 0.0947. The number of sulfonamides is 1. The summed E-state index contributed by atoms with van der Waals surface area (Å²) in [6, 6.07) is 20.2. The summed E-state index contributed by atoms with van der Waals surface area (Å²) in [5.74, 6) is -0.399. The Labute approximate surface area is 187 Å². The lowest BCUT2D eigenvalue weighted by Crippen LogP contribution is -2.32. The van der Waals surface area contributed by atoms with Crippen molar-refractivity contribution in [2.45, 2.75) is 42.1 Å². The van der Waals surface area contributed by atoms with Crippen molar-refractivity contribution >= 4 is 27.7 Å². The summed E-state index contributed by atoms with van der Waals surface area (Å²) in [4.78, 5) is 18.2. The second-order valence-electron chi connectivity index (χ2n) is 7.25. The molecule has 162 valence electrons. The molecule has 2 N–H and O–H groups in total. The first-order valence-corrected chi connectivity index (χ1v) is 12.3. The fourth-order valence-electron chi connectivity index (χ4n) is 2.99. The van der Waals surface area contributed by atoms with Gasteiger partial charge in [-0.05, 0) is 49.2 Å². The first-order chi connectivity index (χ1) is 14.8. The SMILES string of the molecule is CC(C)NS(=O)(=O)Cc1ccccc1CNC(=O)c1cccnc1Sc1ccccc1. The second kappa shape index (κ2) is 10.6. The second-order valence-corrected chi connectivity index (χ2v) is 10.1. The van der Waals surface area contributed by atoms with E-state index in [4.69, 9.17) is 0 Å². The van der Waals surface area contributed by atoms with Crippen LogP contribution in [0.5, 0.6) is 0 Å². The minimum atomic E-state index is -3.46. The quantitative estimate of drug-likeness (QED) is 0.509. The summed E-state index contributed by atoms with van der Waals surface area (Å²) in [6.07, 6.45) is 1.66. The molecule has 0 saturated heterocycles. The Morgan fingerprint density at radius 2 is 1.65 bits per heavy atom. The first kappa shape index (κ1) is 23.0. The van der Waals surface area contributed by atoms with Gasteiger partial charge in [0.05, 0.1) is 11.3 Å². The van der Waals surface area contributed by atoms with E-state index in [1.54, 1.807) is 44.3 Å². The molecule has 3 rings (SSSR count). The molecule has 1 heterocycles. The zero-order valence-corrected chi connectivity index (χ0v) is 19.0. The van der Waals surface area contributed by atoms with Gasteiger partial charge < -0.3 is 5.32 Å². The minimum absolute atomic E-state index is 0.140. The van der Waals surface area contributed by atoms with Gasteiger partial charge in [-0.25, -0.2) is 18.1 Å². The largest absolute Gasteiger partial charge is 0.348 e. The van der Waals surface area contributed by atoms with Crippen LogP contribution in [-0.4, -0.2) is 25.4 Å². The molecule has 1 amide bonds. The number of carbonyl (C=O) groups is 1. The number of amides is 1. The fraction of sp³-hybridized carbons (Fsp3) is 0.217. The third-order valence-corrected chi connectivity index (χ3v) is 6.84. The van der Waals surface area contributed by atoms with Crippen LogP contribution in [0.25, 0.3) is 0 Å². The van der Waals surface area contributed by atoms with Crippen LogP contribution in [-0.2, 0) is 22.3 Å². The van der Waals surface area contributed by atoms with Gasteiger partial charge in [0.15, 0.2) is 0 Å². The molecule has 8 heteroatoms. The Morgan fingerprint density at radius 1 is 0.968 bits per heavy atom. The van der Waals surface area contributed by atoms with Crippen molar-refractivity contribution in [3.8, 4) is 0 Å². The van der Waals surface area contributed by atoms with Crippen molar-refractivity contribution < 1.29 is 13.2 Å². The van der Waals surface area contributed by atoms with Gasteiger partial charge in [-0.3, -0.25) is 4.79 Å². The van der Waals surface area contributed by atoms with Crippen LogP contribution in [0.1, 0.15) is 35.3 Å². The van der Waals surface area contributed by atoms with E-state index in [9.17, 15) is 13.2 Å². The molecule has 1 aromatic heterocycles. The van der Waals surface area contributed by atoms with Crippen LogP contribution in [0.3, 0.4) is 0 Å². The molecule has 0 spiro atoms. The van der Waals surface area contributed by atoms with E-state index in [0.717, 1.165) is 10.5 Å². The summed E-state index contributed by atoms with van der Waals surface area (Å²) < 4.78 is 27.3. The predicted octanol–water partition coefficient (Wildman–Crippen LogP) is 3.99. The molecule has 0 aliphatic rings. The molecule has 6 nitrogen and oxygen atoms in total. The molecule has 0 unspecified atom stereocenters. The van der Waals surface area contributed by atoms with Crippen LogP contribution in [0.2, 0.25) is 0 Å². The maximum atomic E-state index is 12.9. The van der Waals surface area contributed by atoms with Crippen molar-refractivity contribution in [2.75, 3.05) is 0 Å². The smallest absolute Gasteiger partial charge is 0.254 e. The highest BCUT2D eigenvalue weighted by Gasteiger charge is 2.17. The number of nitrogens with one attached hydrogen (secondary N) is 2. The summed E-state index contributed by atoms with van der Waals surface area (Å²) in [5, 5.41) is 3.51. The number of aromatic nitrogens is 1. The minimum Gasteiger partial charge on any atom is -0.348 e. The van der Waals surface area contributed by atoms with Crippen molar-refractivity contribution in [2.24, 2.45) is 0 Å². The zero-order valence-electron chi connectivity index (χ0n) is 17.4. The average Bonchev–Trinajstić information content (AvgIpc) is 2.73. The Hall–Kier alpha value is -2.68. The summed E-state index contributed by atoms with van der Waals surface area (Å²) in [7, 11) is -3.46. The highest BCUT2D eigenvalue weighted by molar-refractivity contribution is 7.99. The topological polar surface area (TPSA) is 88.2 Å². The molecular weight excluding hydrogens is 430 g/mol. The van der Waals surface area contributed by atoms with E-state index in [0.29, 0.717) is 16.2 Å². The normalized spacial score (nSPS) is 11.5. The van der Waals surface area contributed by atoms with E-state index in [-0.39, 0.29) is 24.2 Å². The molecule has 3 aromatic rings. The van der Waals surface area contributed by atoms with Gasteiger partial charge in [0.1, 0.15) is 5.03 Å². The van der Waals surface area contributed by atoms with Crippen LogP contribution < -0.4 is 10.0 Å². The van der Waals surface area contributed by atoms with Gasteiger partial charge in [0.2, 0.25) is 10.0 Å². The Bertz CT molecular complexity index is 1130. The molecule has 0 atom stereocenters. The average molecular weight is 456 g/mol. The molecule has 0 saturated carbocycles. The number of nitrogens with zero attached hydrogens (tertiary/aromatic N) is 1. The van der Waals surface area contributed by atoms with Gasteiger partial charge in [-0.1, -0.05) is 54.2 Å². The van der Waals surface area contributed by atoms with Gasteiger partial charge in [0, 0.05) is 23.7 Å². The fourth-order valence-corrected chi connectivity index (χ4v) is 5.39. The van der Waals surface area contributed by atoms with Gasteiger partial charge in [0.25, 0.3) is 5.91 Å². The number of hydrogen-bond acceptors (Lipinski definition) is 5. The number of hydrogen-bond donors (Lipinski definition) is 2. The molecule has 31 heavy (non-hydrogen) atoms. The lowest BCUT2D eigenvalue weighted by atomic mass is 10.1. The maximum absolute atomic E-state index is 12.9. The maximum Gasteiger partial charge on any atom is 0.254 e. The van der Waals surface area contributed by atoms with Crippen molar-refractivity contribution in [1.82, 2.24) is 15.0 Å². The van der Waals surface area contributed by atoms with E-state index in [2.05, 4.69) is 15.0 Å². The van der Waals surface area contributed by atoms with Crippen LogP contribution in [0.4, 0.5) is 0 Å².